The molecule has 2 unspecified atom stereocenters. The van der Waals surface area contributed by atoms with Crippen LogP contribution in [0.2, 0.25) is 0 Å². The molecule has 2 amide bonds. The number of hydrogen-bond donors (Lipinski definition) is 2. The molecular formula is C15H22FN3O. The second-order valence-electron chi connectivity index (χ2n) is 5.22. The number of hydrogen-bond acceptors (Lipinski definition) is 2. The lowest BCUT2D eigenvalue weighted by Gasteiger charge is -2.31. The van der Waals surface area contributed by atoms with Crippen LogP contribution in [0, 0.1) is 11.7 Å². The Morgan fingerprint density at radius 3 is 2.70 bits per heavy atom. The van der Waals surface area contributed by atoms with Gasteiger partial charge in [0.25, 0.3) is 0 Å². The predicted molar refractivity (Wildman–Crippen MR) is 78.0 cm³/mol. The molecule has 0 aromatic heterocycles. The fourth-order valence-electron chi connectivity index (χ4n) is 2.96. The lowest BCUT2D eigenvalue weighted by Crippen LogP contribution is -2.46. The third-order valence-corrected chi connectivity index (χ3v) is 4.02. The Kier molecular flexibility index (Phi) is 4.95. The molecule has 0 heterocycles. The molecule has 0 aliphatic heterocycles. The Morgan fingerprint density at radius 2 is 2.10 bits per heavy atom. The number of carbonyl (C=O) groups is 1. The average Bonchev–Trinajstić information content (AvgIpc) is 2.90. The number of rotatable bonds is 4. The number of nitrogens with zero attached hydrogens (tertiary/aromatic N) is 1. The van der Waals surface area contributed by atoms with Gasteiger partial charge in [0.1, 0.15) is 5.82 Å². The van der Waals surface area contributed by atoms with Gasteiger partial charge in [0.15, 0.2) is 0 Å². The van der Waals surface area contributed by atoms with Crippen LogP contribution in [0.5, 0.6) is 0 Å². The van der Waals surface area contributed by atoms with Crippen LogP contribution in [0.25, 0.3) is 0 Å². The van der Waals surface area contributed by atoms with Crippen LogP contribution in [0.4, 0.5) is 14.9 Å². The predicted octanol–water partition coefficient (Wildman–Crippen LogP) is 2.81. The average molecular weight is 279 g/mol. The lowest BCUT2D eigenvalue weighted by molar-refractivity contribution is 0.175. The zero-order valence-corrected chi connectivity index (χ0v) is 11.8. The molecular weight excluding hydrogens is 257 g/mol. The Balaban J connectivity index is 2.03. The van der Waals surface area contributed by atoms with E-state index in [0.29, 0.717) is 24.7 Å². The molecule has 110 valence electrons. The van der Waals surface area contributed by atoms with Crippen molar-refractivity contribution >= 4 is 11.7 Å². The Bertz CT molecular complexity index is 449. The highest BCUT2D eigenvalue weighted by molar-refractivity contribution is 5.89. The van der Waals surface area contributed by atoms with Crippen LogP contribution in [0.1, 0.15) is 26.2 Å². The van der Waals surface area contributed by atoms with Crippen LogP contribution in [-0.4, -0.2) is 30.1 Å². The van der Waals surface area contributed by atoms with Crippen LogP contribution < -0.4 is 11.1 Å². The molecule has 0 spiro atoms. The van der Waals surface area contributed by atoms with E-state index in [4.69, 9.17) is 5.73 Å². The van der Waals surface area contributed by atoms with Crippen molar-refractivity contribution in [1.29, 1.82) is 0 Å². The first-order valence-electron chi connectivity index (χ1n) is 7.19. The lowest BCUT2D eigenvalue weighted by atomic mass is 10.0. The van der Waals surface area contributed by atoms with Crippen molar-refractivity contribution in [3.8, 4) is 0 Å². The zero-order valence-electron chi connectivity index (χ0n) is 11.8. The number of benzene rings is 1. The highest BCUT2D eigenvalue weighted by atomic mass is 19.1. The Hall–Kier alpha value is -1.62. The van der Waals surface area contributed by atoms with Gasteiger partial charge in [-0.15, -0.1) is 0 Å². The fraction of sp³-hybridized carbons (Fsp3) is 0.533. The molecule has 20 heavy (non-hydrogen) atoms. The molecule has 1 aliphatic rings. The second kappa shape index (κ2) is 6.70. The van der Waals surface area contributed by atoms with E-state index in [-0.39, 0.29) is 17.9 Å². The largest absolute Gasteiger partial charge is 0.330 e. The summed E-state index contributed by atoms with van der Waals surface area (Å²) in [5.41, 5.74) is 6.39. The number of amides is 2. The molecule has 0 radical (unpaired) electrons. The van der Waals surface area contributed by atoms with Gasteiger partial charge in [0.2, 0.25) is 0 Å². The number of nitrogens with two attached hydrogens (primary N) is 1. The summed E-state index contributed by atoms with van der Waals surface area (Å²) in [6.45, 7) is 3.23. The molecule has 0 bridgehead atoms. The smallest absolute Gasteiger partial charge is 0.322 e. The minimum atomic E-state index is -0.311. The summed E-state index contributed by atoms with van der Waals surface area (Å²) in [4.78, 5) is 14.2. The second-order valence-corrected chi connectivity index (χ2v) is 5.22. The van der Waals surface area contributed by atoms with Crippen molar-refractivity contribution in [1.82, 2.24) is 4.90 Å². The monoisotopic (exact) mass is 279 g/mol. The van der Waals surface area contributed by atoms with E-state index >= 15 is 0 Å². The summed E-state index contributed by atoms with van der Waals surface area (Å²) >= 11 is 0. The molecule has 1 fully saturated rings. The summed E-state index contributed by atoms with van der Waals surface area (Å²) in [6, 6.07) is 5.88. The van der Waals surface area contributed by atoms with Gasteiger partial charge in [-0.05, 0) is 56.5 Å². The quantitative estimate of drug-likeness (QED) is 0.890. The van der Waals surface area contributed by atoms with Gasteiger partial charge in [0, 0.05) is 18.3 Å². The normalized spacial score (nSPS) is 21.8. The van der Waals surface area contributed by atoms with Gasteiger partial charge in [-0.1, -0.05) is 6.42 Å². The molecule has 5 heteroatoms. The highest BCUT2D eigenvalue weighted by Gasteiger charge is 2.33. The zero-order chi connectivity index (χ0) is 14.5. The van der Waals surface area contributed by atoms with E-state index in [1.54, 1.807) is 12.1 Å². The molecule has 1 saturated carbocycles. The number of anilines is 1. The third kappa shape index (κ3) is 3.28. The van der Waals surface area contributed by atoms with E-state index in [9.17, 15) is 9.18 Å². The maximum atomic E-state index is 12.9. The summed E-state index contributed by atoms with van der Waals surface area (Å²) in [5.74, 6) is 0.0725. The first kappa shape index (κ1) is 14.8. The molecule has 1 aromatic rings. The molecule has 1 aromatic carbocycles. The van der Waals surface area contributed by atoms with Crippen LogP contribution in [-0.2, 0) is 0 Å². The molecule has 4 nitrogen and oxygen atoms in total. The van der Waals surface area contributed by atoms with Crippen molar-refractivity contribution in [3.63, 3.8) is 0 Å². The number of halogens is 1. The van der Waals surface area contributed by atoms with Crippen molar-refractivity contribution in [2.24, 2.45) is 11.7 Å². The minimum absolute atomic E-state index is 0.135. The third-order valence-electron chi connectivity index (χ3n) is 4.02. The minimum Gasteiger partial charge on any atom is -0.330 e. The van der Waals surface area contributed by atoms with E-state index < -0.39 is 0 Å². The van der Waals surface area contributed by atoms with Gasteiger partial charge in [0.05, 0.1) is 0 Å². The number of nitrogens with one attached hydrogen (secondary N) is 1. The molecule has 2 rings (SSSR count). The standard InChI is InChI=1S/C15H22FN3O/c1-2-19(14-5-3-4-11(14)10-17)15(20)18-13-8-6-12(16)7-9-13/h6-9,11,14H,2-5,10,17H2,1H3,(H,18,20). The van der Waals surface area contributed by atoms with Crippen molar-refractivity contribution in [2.45, 2.75) is 32.2 Å². The molecule has 0 saturated heterocycles. The van der Waals surface area contributed by atoms with Gasteiger partial charge >= 0.3 is 6.03 Å². The summed E-state index contributed by atoms with van der Waals surface area (Å²) in [7, 11) is 0. The van der Waals surface area contributed by atoms with E-state index in [2.05, 4.69) is 5.32 Å². The SMILES string of the molecule is CCN(C(=O)Nc1ccc(F)cc1)C1CCCC1CN. The van der Waals surface area contributed by atoms with Gasteiger partial charge in [-0.25, -0.2) is 9.18 Å². The molecule has 3 N–H and O–H groups in total. The topological polar surface area (TPSA) is 58.4 Å². The Morgan fingerprint density at radius 1 is 1.40 bits per heavy atom. The van der Waals surface area contributed by atoms with Gasteiger partial charge in [-0.2, -0.15) is 0 Å². The fourth-order valence-corrected chi connectivity index (χ4v) is 2.96. The first-order chi connectivity index (χ1) is 9.65. The molecule has 2 atom stereocenters. The van der Waals surface area contributed by atoms with E-state index in [1.165, 1.54) is 12.1 Å². The summed E-state index contributed by atoms with van der Waals surface area (Å²) in [6.07, 6.45) is 3.21. The van der Waals surface area contributed by atoms with Crippen molar-refractivity contribution in [3.05, 3.63) is 30.1 Å². The van der Waals surface area contributed by atoms with Crippen molar-refractivity contribution < 1.29 is 9.18 Å². The highest BCUT2D eigenvalue weighted by Crippen LogP contribution is 2.29. The first-order valence-corrected chi connectivity index (χ1v) is 7.19. The maximum absolute atomic E-state index is 12.9. The maximum Gasteiger partial charge on any atom is 0.322 e. The van der Waals surface area contributed by atoms with Crippen LogP contribution in [0.3, 0.4) is 0 Å². The van der Waals surface area contributed by atoms with Crippen LogP contribution >= 0.6 is 0 Å². The number of carbonyl (C=O) groups excluding carboxylic acids is 1. The van der Waals surface area contributed by atoms with Crippen molar-refractivity contribution in [2.75, 3.05) is 18.4 Å². The van der Waals surface area contributed by atoms with Gasteiger partial charge < -0.3 is 16.0 Å². The van der Waals surface area contributed by atoms with Gasteiger partial charge in [-0.3, -0.25) is 0 Å². The Labute approximate surface area is 119 Å². The number of urea groups is 1. The summed E-state index contributed by atoms with van der Waals surface area (Å²) in [5, 5.41) is 2.82. The molecule has 1 aliphatic carbocycles. The van der Waals surface area contributed by atoms with E-state index in [0.717, 1.165) is 19.3 Å². The van der Waals surface area contributed by atoms with E-state index in [1.807, 2.05) is 11.8 Å². The summed E-state index contributed by atoms with van der Waals surface area (Å²) < 4.78 is 12.9. The van der Waals surface area contributed by atoms with Crippen LogP contribution in [0.15, 0.2) is 24.3 Å².